The first-order valence-corrected chi connectivity index (χ1v) is 6.61. The number of pyridine rings is 1. The largest absolute Gasteiger partial charge is 0.497 e. The van der Waals surface area contributed by atoms with Crippen LogP contribution in [0.2, 0.25) is 0 Å². The summed E-state index contributed by atoms with van der Waals surface area (Å²) in [7, 11) is 1.68. The summed E-state index contributed by atoms with van der Waals surface area (Å²) in [6.07, 6.45) is 2.96. The smallest absolute Gasteiger partial charge is 0.133 e. The lowest BCUT2D eigenvalue weighted by atomic mass is 10.1. The van der Waals surface area contributed by atoms with Gasteiger partial charge in [0.1, 0.15) is 11.6 Å². The Morgan fingerprint density at radius 2 is 2.37 bits per heavy atom. The first kappa shape index (κ1) is 12.2. The van der Waals surface area contributed by atoms with E-state index in [1.165, 1.54) is 5.39 Å². The minimum absolute atomic E-state index is 0.586. The van der Waals surface area contributed by atoms with Crippen LogP contribution < -0.4 is 10.1 Å². The van der Waals surface area contributed by atoms with Crippen LogP contribution in [0.15, 0.2) is 30.5 Å². The molecule has 2 heterocycles. The number of nitrogens with one attached hydrogen (secondary N) is 1. The quantitative estimate of drug-likeness (QED) is 0.915. The van der Waals surface area contributed by atoms with E-state index in [9.17, 15) is 0 Å². The van der Waals surface area contributed by atoms with Gasteiger partial charge in [-0.25, -0.2) is 4.98 Å². The van der Waals surface area contributed by atoms with Crippen molar-refractivity contribution < 1.29 is 9.47 Å². The van der Waals surface area contributed by atoms with Gasteiger partial charge in [0.15, 0.2) is 0 Å². The van der Waals surface area contributed by atoms with Crippen LogP contribution in [0.25, 0.3) is 10.8 Å². The van der Waals surface area contributed by atoms with Crippen molar-refractivity contribution in [1.82, 2.24) is 4.98 Å². The third-order valence-corrected chi connectivity index (χ3v) is 3.56. The molecule has 0 radical (unpaired) electrons. The van der Waals surface area contributed by atoms with E-state index in [4.69, 9.17) is 9.47 Å². The van der Waals surface area contributed by atoms with Gasteiger partial charge in [0, 0.05) is 30.7 Å². The van der Waals surface area contributed by atoms with Crippen LogP contribution in [-0.4, -0.2) is 31.9 Å². The van der Waals surface area contributed by atoms with Crippen LogP contribution in [0.4, 0.5) is 5.82 Å². The summed E-state index contributed by atoms with van der Waals surface area (Å²) < 4.78 is 10.7. The molecule has 1 aromatic carbocycles. The molecule has 2 aromatic rings. The van der Waals surface area contributed by atoms with Crippen molar-refractivity contribution in [3.8, 4) is 5.75 Å². The molecule has 1 saturated heterocycles. The zero-order valence-corrected chi connectivity index (χ0v) is 11.1. The average molecular weight is 258 g/mol. The molecule has 0 spiro atoms. The normalized spacial score (nSPS) is 18.7. The molecule has 19 heavy (non-hydrogen) atoms. The third-order valence-electron chi connectivity index (χ3n) is 3.56. The lowest BCUT2D eigenvalue weighted by Gasteiger charge is -2.12. The molecule has 4 heteroatoms. The molecule has 1 aromatic heterocycles. The second kappa shape index (κ2) is 5.45. The van der Waals surface area contributed by atoms with E-state index >= 15 is 0 Å². The molecule has 100 valence electrons. The standard InChI is InChI=1S/C15H18N2O2/c1-18-13-3-2-12-4-6-16-15(14(12)8-13)17-9-11-5-7-19-10-11/h2-4,6,8,11H,5,7,9-10H2,1H3,(H,16,17). The average Bonchev–Trinajstić information content (AvgIpc) is 2.97. The molecule has 3 rings (SSSR count). The number of methoxy groups -OCH3 is 1. The van der Waals surface area contributed by atoms with Crippen LogP contribution in [0, 0.1) is 5.92 Å². The highest BCUT2D eigenvalue weighted by Crippen LogP contribution is 2.26. The monoisotopic (exact) mass is 258 g/mol. The van der Waals surface area contributed by atoms with Gasteiger partial charge in [0.25, 0.3) is 0 Å². The molecule has 1 aliphatic rings. The highest BCUT2D eigenvalue weighted by molar-refractivity contribution is 5.92. The maximum atomic E-state index is 5.39. The van der Waals surface area contributed by atoms with Crippen molar-refractivity contribution in [3.63, 3.8) is 0 Å². The second-order valence-electron chi connectivity index (χ2n) is 4.86. The first-order valence-electron chi connectivity index (χ1n) is 6.61. The Hall–Kier alpha value is -1.81. The summed E-state index contributed by atoms with van der Waals surface area (Å²) in [6.45, 7) is 2.63. The van der Waals surface area contributed by atoms with Crippen LogP contribution in [-0.2, 0) is 4.74 Å². The lowest BCUT2D eigenvalue weighted by Crippen LogP contribution is -2.14. The van der Waals surface area contributed by atoms with Crippen LogP contribution >= 0.6 is 0 Å². The molecule has 0 aliphatic carbocycles. The number of hydrogen-bond donors (Lipinski definition) is 1. The predicted octanol–water partition coefficient (Wildman–Crippen LogP) is 2.69. The van der Waals surface area contributed by atoms with Crippen molar-refractivity contribution in [2.75, 3.05) is 32.2 Å². The number of hydrogen-bond acceptors (Lipinski definition) is 4. The minimum atomic E-state index is 0.586. The highest BCUT2D eigenvalue weighted by Gasteiger charge is 2.15. The van der Waals surface area contributed by atoms with Crippen LogP contribution in [0.1, 0.15) is 6.42 Å². The fourth-order valence-electron chi connectivity index (χ4n) is 2.40. The summed E-state index contributed by atoms with van der Waals surface area (Å²) in [5.74, 6) is 2.36. The van der Waals surface area contributed by atoms with Crippen molar-refractivity contribution in [3.05, 3.63) is 30.5 Å². The number of ether oxygens (including phenoxy) is 2. The predicted molar refractivity (Wildman–Crippen MR) is 75.7 cm³/mol. The van der Waals surface area contributed by atoms with Gasteiger partial charge >= 0.3 is 0 Å². The van der Waals surface area contributed by atoms with Gasteiger partial charge in [-0.1, -0.05) is 6.07 Å². The minimum Gasteiger partial charge on any atom is -0.497 e. The Labute approximate surface area is 112 Å². The molecule has 1 unspecified atom stereocenters. The van der Waals surface area contributed by atoms with E-state index in [2.05, 4.69) is 16.4 Å². The van der Waals surface area contributed by atoms with E-state index in [0.717, 1.165) is 43.1 Å². The summed E-state index contributed by atoms with van der Waals surface area (Å²) in [4.78, 5) is 4.44. The van der Waals surface area contributed by atoms with Gasteiger partial charge in [-0.2, -0.15) is 0 Å². The molecular weight excluding hydrogens is 240 g/mol. The van der Waals surface area contributed by atoms with Crippen molar-refractivity contribution in [1.29, 1.82) is 0 Å². The fraction of sp³-hybridized carbons (Fsp3) is 0.400. The van der Waals surface area contributed by atoms with E-state index in [0.29, 0.717) is 5.92 Å². The summed E-state index contributed by atoms with van der Waals surface area (Å²) in [5.41, 5.74) is 0. The fourth-order valence-corrected chi connectivity index (χ4v) is 2.40. The molecule has 4 nitrogen and oxygen atoms in total. The Morgan fingerprint density at radius 3 is 3.16 bits per heavy atom. The molecule has 0 saturated carbocycles. The Bertz CT molecular complexity index is 565. The third kappa shape index (κ3) is 2.63. The zero-order chi connectivity index (χ0) is 13.1. The molecular formula is C15H18N2O2. The van der Waals surface area contributed by atoms with Crippen molar-refractivity contribution >= 4 is 16.6 Å². The number of benzene rings is 1. The molecule has 1 fully saturated rings. The summed E-state index contributed by atoms with van der Waals surface area (Å²) in [5, 5.41) is 5.70. The number of anilines is 1. The SMILES string of the molecule is COc1ccc2ccnc(NCC3CCOC3)c2c1. The van der Waals surface area contributed by atoms with E-state index in [1.54, 1.807) is 7.11 Å². The van der Waals surface area contributed by atoms with Gasteiger partial charge in [-0.15, -0.1) is 0 Å². The topological polar surface area (TPSA) is 43.4 Å². The highest BCUT2D eigenvalue weighted by atomic mass is 16.5. The van der Waals surface area contributed by atoms with E-state index in [1.807, 2.05) is 24.4 Å². The van der Waals surface area contributed by atoms with Gasteiger partial charge in [-0.05, 0) is 30.0 Å². The van der Waals surface area contributed by atoms with Gasteiger partial charge in [-0.3, -0.25) is 0 Å². The molecule has 1 atom stereocenters. The van der Waals surface area contributed by atoms with Crippen molar-refractivity contribution in [2.45, 2.75) is 6.42 Å². The second-order valence-corrected chi connectivity index (χ2v) is 4.86. The maximum Gasteiger partial charge on any atom is 0.133 e. The maximum absolute atomic E-state index is 5.39. The van der Waals surface area contributed by atoms with E-state index < -0.39 is 0 Å². The first-order chi connectivity index (χ1) is 9.36. The Morgan fingerprint density at radius 1 is 1.42 bits per heavy atom. The number of aromatic nitrogens is 1. The molecule has 0 bridgehead atoms. The molecule has 1 aliphatic heterocycles. The van der Waals surface area contributed by atoms with E-state index in [-0.39, 0.29) is 0 Å². The summed E-state index contributed by atoms with van der Waals surface area (Å²) in [6, 6.07) is 8.06. The number of fused-ring (bicyclic) bond motifs is 1. The van der Waals surface area contributed by atoms with Crippen LogP contribution in [0.5, 0.6) is 5.75 Å². The lowest BCUT2D eigenvalue weighted by molar-refractivity contribution is 0.187. The Kier molecular flexibility index (Phi) is 3.51. The van der Waals surface area contributed by atoms with Gasteiger partial charge in [0.05, 0.1) is 13.7 Å². The van der Waals surface area contributed by atoms with Gasteiger partial charge < -0.3 is 14.8 Å². The van der Waals surface area contributed by atoms with Gasteiger partial charge in [0.2, 0.25) is 0 Å². The van der Waals surface area contributed by atoms with Crippen molar-refractivity contribution in [2.24, 2.45) is 5.92 Å². The number of nitrogens with zero attached hydrogens (tertiary/aromatic N) is 1. The van der Waals surface area contributed by atoms with Crippen LogP contribution in [0.3, 0.4) is 0 Å². The molecule has 0 amide bonds. The molecule has 1 N–H and O–H groups in total. The summed E-state index contributed by atoms with van der Waals surface area (Å²) >= 11 is 0. The number of rotatable bonds is 4. The zero-order valence-electron chi connectivity index (χ0n) is 11.1. The Balaban J connectivity index is 1.84.